The molecule has 2 heterocycles. The number of hydrogen-bond acceptors (Lipinski definition) is 5. The van der Waals surface area contributed by atoms with Crippen molar-refractivity contribution in [3.05, 3.63) is 20.8 Å². The van der Waals surface area contributed by atoms with Crippen LogP contribution < -0.4 is 10.6 Å². The number of nitrogens with one attached hydrogen (secondary N) is 2. The normalized spacial score (nSPS) is 19.2. The number of amides is 4. The molecule has 3 N–H and O–H groups in total. The minimum Gasteiger partial charge on any atom is -0.367 e. The SMILES string of the molecule is O=C1NC(=O)C(O)(c2sccc2Br)C(=O)N1. The smallest absolute Gasteiger partial charge is 0.328 e. The molecule has 0 aromatic carbocycles. The number of halogens is 1. The van der Waals surface area contributed by atoms with Crippen molar-refractivity contribution in [2.75, 3.05) is 0 Å². The molecule has 1 fully saturated rings. The molecule has 1 aromatic heterocycles. The van der Waals surface area contributed by atoms with Gasteiger partial charge in [0.1, 0.15) is 0 Å². The first-order chi connectivity index (χ1) is 7.46. The summed E-state index contributed by atoms with van der Waals surface area (Å²) in [6, 6.07) is 0.655. The van der Waals surface area contributed by atoms with Crippen LogP contribution in [0.2, 0.25) is 0 Å². The molecule has 0 unspecified atom stereocenters. The second-order valence-corrected chi connectivity index (χ2v) is 4.82. The van der Waals surface area contributed by atoms with Crippen molar-refractivity contribution in [3.8, 4) is 0 Å². The molecule has 1 aliphatic rings. The van der Waals surface area contributed by atoms with Crippen molar-refractivity contribution in [2.24, 2.45) is 0 Å². The van der Waals surface area contributed by atoms with E-state index in [1.54, 1.807) is 11.4 Å². The van der Waals surface area contributed by atoms with Crippen molar-refractivity contribution in [1.29, 1.82) is 0 Å². The van der Waals surface area contributed by atoms with Crippen LogP contribution in [-0.2, 0) is 15.2 Å². The topological polar surface area (TPSA) is 95.5 Å². The summed E-state index contributed by atoms with van der Waals surface area (Å²) in [5.74, 6) is -2.10. The second-order valence-electron chi connectivity index (χ2n) is 3.05. The lowest BCUT2D eigenvalue weighted by molar-refractivity contribution is -0.155. The van der Waals surface area contributed by atoms with Gasteiger partial charge in [0.2, 0.25) is 0 Å². The van der Waals surface area contributed by atoms with E-state index in [0.29, 0.717) is 4.47 Å². The van der Waals surface area contributed by atoms with Crippen LogP contribution in [0.1, 0.15) is 4.88 Å². The van der Waals surface area contributed by atoms with Crippen molar-refractivity contribution in [1.82, 2.24) is 10.6 Å². The van der Waals surface area contributed by atoms with E-state index in [4.69, 9.17) is 0 Å². The first-order valence-corrected chi connectivity index (χ1v) is 5.76. The lowest BCUT2D eigenvalue weighted by Crippen LogP contribution is -2.64. The average molecular weight is 305 g/mol. The largest absolute Gasteiger partial charge is 0.367 e. The predicted molar refractivity (Wildman–Crippen MR) is 57.6 cm³/mol. The zero-order valence-electron chi connectivity index (χ0n) is 7.61. The number of hydrogen-bond donors (Lipinski definition) is 3. The number of aliphatic hydroxyl groups is 1. The van der Waals surface area contributed by atoms with E-state index in [1.807, 2.05) is 10.6 Å². The molecule has 1 saturated heterocycles. The molecule has 4 amide bonds. The highest BCUT2D eigenvalue weighted by atomic mass is 79.9. The fraction of sp³-hybridized carbons (Fsp3) is 0.125. The van der Waals surface area contributed by atoms with Gasteiger partial charge in [0.05, 0.1) is 4.88 Å². The van der Waals surface area contributed by atoms with Crippen LogP contribution in [0, 0.1) is 0 Å². The van der Waals surface area contributed by atoms with Crippen LogP contribution in [0.15, 0.2) is 15.9 Å². The number of imide groups is 2. The number of barbiturate groups is 1. The van der Waals surface area contributed by atoms with Gasteiger partial charge in [-0.2, -0.15) is 0 Å². The zero-order valence-corrected chi connectivity index (χ0v) is 10.0. The Kier molecular flexibility index (Phi) is 2.56. The quantitative estimate of drug-likeness (QED) is 0.640. The van der Waals surface area contributed by atoms with Crippen molar-refractivity contribution < 1.29 is 19.5 Å². The van der Waals surface area contributed by atoms with Gasteiger partial charge in [0.25, 0.3) is 17.4 Å². The van der Waals surface area contributed by atoms with Crippen LogP contribution in [0.4, 0.5) is 4.79 Å². The van der Waals surface area contributed by atoms with Gasteiger partial charge in [-0.15, -0.1) is 11.3 Å². The maximum atomic E-state index is 11.5. The molecule has 0 bridgehead atoms. The summed E-state index contributed by atoms with van der Waals surface area (Å²) >= 11 is 4.15. The van der Waals surface area contributed by atoms with Gasteiger partial charge >= 0.3 is 6.03 Å². The molecular weight excluding hydrogens is 300 g/mol. The summed E-state index contributed by atoms with van der Waals surface area (Å²) in [4.78, 5) is 34.0. The number of urea groups is 1. The van der Waals surface area contributed by atoms with E-state index in [1.165, 1.54) is 0 Å². The summed E-state index contributed by atoms with van der Waals surface area (Å²) in [6.45, 7) is 0. The van der Waals surface area contributed by atoms with Gasteiger partial charge in [0, 0.05) is 4.47 Å². The molecule has 84 valence electrons. The molecule has 0 atom stereocenters. The fourth-order valence-electron chi connectivity index (χ4n) is 1.28. The third-order valence-corrected chi connectivity index (χ3v) is 4.00. The zero-order chi connectivity index (χ0) is 11.9. The first-order valence-electron chi connectivity index (χ1n) is 4.09. The Hall–Kier alpha value is -1.25. The third-order valence-electron chi connectivity index (χ3n) is 2.06. The molecule has 0 radical (unpaired) electrons. The molecule has 0 aliphatic carbocycles. The highest BCUT2D eigenvalue weighted by molar-refractivity contribution is 9.10. The summed E-state index contributed by atoms with van der Waals surface area (Å²) in [5.41, 5.74) is -2.36. The maximum absolute atomic E-state index is 11.5. The van der Waals surface area contributed by atoms with E-state index in [9.17, 15) is 19.5 Å². The number of carbonyl (C=O) groups excluding carboxylic acids is 3. The lowest BCUT2D eigenvalue weighted by Gasteiger charge is -2.28. The molecule has 8 heteroatoms. The fourth-order valence-corrected chi connectivity index (χ4v) is 3.03. The maximum Gasteiger partial charge on any atom is 0.328 e. The number of thiophene rings is 1. The summed E-state index contributed by atoms with van der Waals surface area (Å²) in [5, 5.41) is 15.4. The van der Waals surface area contributed by atoms with Gasteiger partial charge in [-0.1, -0.05) is 0 Å². The number of carbonyl (C=O) groups is 3. The second kappa shape index (κ2) is 3.65. The van der Waals surface area contributed by atoms with E-state index < -0.39 is 23.4 Å². The van der Waals surface area contributed by atoms with Crippen LogP contribution in [0.25, 0.3) is 0 Å². The van der Waals surface area contributed by atoms with Crippen LogP contribution in [-0.4, -0.2) is 23.0 Å². The van der Waals surface area contributed by atoms with E-state index in [0.717, 1.165) is 11.3 Å². The molecular formula is C8H5BrN2O4S. The van der Waals surface area contributed by atoms with Gasteiger partial charge in [0.15, 0.2) is 0 Å². The Morgan fingerprint density at radius 1 is 1.25 bits per heavy atom. The third kappa shape index (κ3) is 1.46. The van der Waals surface area contributed by atoms with Crippen molar-refractivity contribution >= 4 is 45.1 Å². The Morgan fingerprint density at radius 2 is 1.81 bits per heavy atom. The van der Waals surface area contributed by atoms with Crippen LogP contribution in [0.5, 0.6) is 0 Å². The molecule has 1 aliphatic heterocycles. The van der Waals surface area contributed by atoms with Crippen LogP contribution >= 0.6 is 27.3 Å². The molecule has 2 rings (SSSR count). The molecule has 0 saturated carbocycles. The van der Waals surface area contributed by atoms with Crippen LogP contribution in [0.3, 0.4) is 0 Å². The van der Waals surface area contributed by atoms with Crippen molar-refractivity contribution in [3.63, 3.8) is 0 Å². The lowest BCUT2D eigenvalue weighted by atomic mass is 9.98. The molecule has 1 aromatic rings. The Bertz CT molecular complexity index is 478. The summed E-state index contributed by atoms with van der Waals surface area (Å²) < 4.78 is 0.430. The van der Waals surface area contributed by atoms with Gasteiger partial charge in [-0.05, 0) is 27.4 Å². The van der Waals surface area contributed by atoms with Gasteiger partial charge < -0.3 is 5.11 Å². The molecule has 0 spiro atoms. The number of rotatable bonds is 1. The monoisotopic (exact) mass is 304 g/mol. The summed E-state index contributed by atoms with van der Waals surface area (Å²) in [7, 11) is 0. The van der Waals surface area contributed by atoms with Crippen molar-refractivity contribution in [2.45, 2.75) is 5.60 Å². The van der Waals surface area contributed by atoms with Gasteiger partial charge in [-0.25, -0.2) is 4.79 Å². The highest BCUT2D eigenvalue weighted by Gasteiger charge is 2.52. The molecule has 16 heavy (non-hydrogen) atoms. The minimum absolute atomic E-state index is 0.134. The standard InChI is InChI=1S/C8H5BrN2O4S/c9-3-1-2-16-4(3)8(15)5(12)10-7(14)11-6(8)13/h1-2,15H,(H2,10,11,12,13,14). The Morgan fingerprint density at radius 3 is 2.25 bits per heavy atom. The minimum atomic E-state index is -2.36. The highest BCUT2D eigenvalue weighted by Crippen LogP contribution is 2.34. The predicted octanol–water partition coefficient (Wildman–Crippen LogP) is 0.0642. The van der Waals surface area contributed by atoms with Gasteiger partial charge in [-0.3, -0.25) is 20.2 Å². The van der Waals surface area contributed by atoms with E-state index in [-0.39, 0.29) is 4.88 Å². The summed E-state index contributed by atoms with van der Waals surface area (Å²) in [6.07, 6.45) is 0. The van der Waals surface area contributed by atoms with E-state index in [2.05, 4.69) is 15.9 Å². The average Bonchev–Trinajstić information content (AvgIpc) is 2.61. The molecule has 6 nitrogen and oxygen atoms in total. The van der Waals surface area contributed by atoms with E-state index >= 15 is 0 Å². The Labute approximate surface area is 102 Å². The first kappa shape index (κ1) is 11.2. The Balaban J connectivity index is 2.52.